The van der Waals surface area contributed by atoms with E-state index < -0.39 is 144 Å². The van der Waals surface area contributed by atoms with Gasteiger partial charge in [-0.3, -0.25) is 28.8 Å². The molecule has 2 aliphatic carbocycles. The lowest BCUT2D eigenvalue weighted by Crippen LogP contribution is -2.61. The molecule has 8 heterocycles. The number of aliphatic hydroxyl groups excluding tert-OH is 4. The molecule has 4 bridgehead atoms. The first-order chi connectivity index (χ1) is 69.1. The first-order valence-electron chi connectivity index (χ1n) is 54.2. The first-order valence-corrected chi connectivity index (χ1v) is 54.2. The number of piperidine rings is 2. The molecule has 0 spiro atoms. The number of nitrogens with zero attached hydrogens (tertiary/aromatic N) is 2. The van der Waals surface area contributed by atoms with Crippen LogP contribution in [-0.4, -0.2) is 304 Å². The first kappa shape index (κ1) is 122. The van der Waals surface area contributed by atoms with Crippen LogP contribution in [0.2, 0.25) is 0 Å². The number of ether oxygens (including phenoxy) is 14. The fourth-order valence-electron chi connectivity index (χ4n) is 22.4. The van der Waals surface area contributed by atoms with E-state index in [2.05, 4.69) is 53.0 Å². The topological polar surface area (TPSA) is 394 Å². The van der Waals surface area contributed by atoms with Gasteiger partial charge in [-0.25, -0.2) is 9.59 Å². The van der Waals surface area contributed by atoms with Crippen molar-refractivity contribution in [2.45, 2.75) is 367 Å². The molecule has 30 nitrogen and oxygen atoms in total. The standard InChI is InChI=1S/C58H91NO14.C57H89NO14/c1-36-17-12-11-13-18-37(2)50(71-35-45-33-69-34-45)31-46-22-20-42(7)58(66,73-46)55(63)56(64)59-24-15-14-19-47(59)57(65)72-51(40(5)29-44-21-23-49(52(30-44)67-9)70-26-16-25-60)32-48(61)39(4)28-41(6)53(62)54(68-10)43(8)38(3)27-36;1-35-16-12-11-13-17-36(2)49(70-34-44-32-68-33-44)30-45-21-19-41(7)57(65,72-45)54(62)55(63)58-23-15-14-18-46(58)56(64)71-50(39(5)28-43-20-22-48(69-25-24-59)51(29-43)66-9)31-47(60)38(4)27-40(6)52(61)53(67-10)42(8)37(3)26-35/h11-13,17-18,28,36,38-40,42,44-47,49-54,60,62,66H,8,14-16,19-27,29-35H2,1-7,9-10H3;11-13,16-17,27,35,37-39,41,43-46,48-53,59,61,65H,8,14-15,18-26,28-34H2,1-7,9-10H3/b13-11+,17-12+,37-18+,41-28+;13-11+,16-12+,36-17+,40-27+/t36-,38-,39-,40-,42-,44+,46+,47?,49-,50?,51+,52-,53-,54+,58-;35-,37-,38-,39-,41-,43+,45+,46?,48-,49?,50+,51-,52-,53+,57-/m11/s1. The zero-order valence-electron chi connectivity index (χ0n) is 90.4. The van der Waals surface area contributed by atoms with E-state index in [0.29, 0.717) is 160 Å². The van der Waals surface area contributed by atoms with Crippen LogP contribution in [0, 0.1) is 82.9 Å². The lowest BCUT2D eigenvalue weighted by Gasteiger charge is -2.43. The van der Waals surface area contributed by atoms with Gasteiger partial charge in [-0.1, -0.05) is 155 Å². The summed E-state index contributed by atoms with van der Waals surface area (Å²) in [6, 6.07) is -2.26. The Hall–Kier alpha value is -6.76. The summed E-state index contributed by atoms with van der Waals surface area (Å²) in [5.41, 5.74) is 4.44. The summed E-state index contributed by atoms with van der Waals surface area (Å²) < 4.78 is 84.5. The number of rotatable bonds is 23. The van der Waals surface area contributed by atoms with Crippen molar-refractivity contribution in [1.29, 1.82) is 0 Å². The molecule has 30 heteroatoms. The van der Waals surface area contributed by atoms with Gasteiger partial charge in [0.1, 0.15) is 60.3 Å². The Bertz CT molecular complexity index is 4410. The van der Waals surface area contributed by atoms with Crippen LogP contribution in [0.5, 0.6) is 0 Å². The maximum atomic E-state index is 14.6. The van der Waals surface area contributed by atoms with E-state index in [1.54, 1.807) is 82.1 Å². The number of allylic oxidation sites excluding steroid dienone is 12. The number of hydrogen-bond acceptors (Lipinski definition) is 28. The van der Waals surface area contributed by atoms with Gasteiger partial charge < -0.3 is 107 Å². The van der Waals surface area contributed by atoms with Crippen molar-refractivity contribution in [2.24, 2.45) is 82.9 Å². The summed E-state index contributed by atoms with van der Waals surface area (Å²) in [6.07, 6.45) is 28.2. The van der Waals surface area contributed by atoms with E-state index >= 15 is 0 Å². The van der Waals surface area contributed by atoms with Crippen molar-refractivity contribution in [2.75, 3.05) is 108 Å². The van der Waals surface area contributed by atoms with Gasteiger partial charge in [0, 0.05) is 116 Å². The third-order valence-corrected chi connectivity index (χ3v) is 32.3. The third-order valence-electron chi connectivity index (χ3n) is 32.3. The number of esters is 2. The lowest BCUT2D eigenvalue weighted by atomic mass is 9.78. The number of cyclic esters (lactones) is 2. The minimum atomic E-state index is -2.44. The smallest absolute Gasteiger partial charge is 0.329 e. The summed E-state index contributed by atoms with van der Waals surface area (Å²) >= 11 is 0. The molecule has 4 unspecified atom stereocenters. The monoisotopic (exact) mass is 2040 g/mol. The Morgan fingerprint density at radius 1 is 0.441 bits per heavy atom. The minimum absolute atomic E-state index is 0.00879. The van der Waals surface area contributed by atoms with E-state index in [4.69, 9.17) is 66.3 Å². The second kappa shape index (κ2) is 59.9. The SMILES string of the molecule is C=C1[C@H](C)C[C@H](C)/C=C/C=C/C=C(\C)C(OCC2COC2)C[C@@H]2CC[C@@H](C)[C@@](O)(O2)C(=O)C(=O)N2CCCCC2C(=O)O[C@H]([C@H](C)C[C@@H]2CC[C@@H](OCCCO)[C@H](OC)C2)CC(=O)[C@H](C)/C=C(\C)[C@@H](O)[C@H]1OC.C=C1[C@H](C)C[C@H](C)/C=C/C=C/C=C(\C)C(OCC2COC2)C[C@@H]2CC[C@@H](C)[C@@](O)(O2)C(=O)C(=O)N2CCCCC2C(=O)O[C@H]([C@H](C)C[C@@H]2CC[C@@H](OCCO)[C@H](OC)C2)CC(=O)[C@H](C)/C=C(\C)[C@@H](O)[C@H]1OC. The highest BCUT2D eigenvalue weighted by atomic mass is 16.7. The second-order valence-electron chi connectivity index (χ2n) is 44.0. The molecule has 10 rings (SSSR count). The number of methoxy groups -OCH3 is 4. The normalized spacial score (nSPS) is 38.7. The van der Waals surface area contributed by atoms with Crippen LogP contribution >= 0.6 is 0 Å². The highest BCUT2D eigenvalue weighted by molar-refractivity contribution is 6.39. The third kappa shape index (κ3) is 34.9. The van der Waals surface area contributed by atoms with Gasteiger partial charge in [-0.05, 0) is 243 Å². The van der Waals surface area contributed by atoms with Crippen molar-refractivity contribution in [1.82, 2.24) is 9.80 Å². The second-order valence-corrected chi connectivity index (χ2v) is 44.0. The number of aliphatic hydroxyl groups is 6. The van der Waals surface area contributed by atoms with E-state index in [0.717, 1.165) is 54.4 Å². The summed E-state index contributed by atoms with van der Waals surface area (Å²) in [4.78, 5) is 118. The Balaban J connectivity index is 0.000000323. The molecular formula is C115H180N2O28. The zero-order chi connectivity index (χ0) is 106. The van der Waals surface area contributed by atoms with Crippen LogP contribution in [0.3, 0.4) is 0 Å². The summed E-state index contributed by atoms with van der Waals surface area (Å²) in [7, 11) is 6.40. The zero-order valence-corrected chi connectivity index (χ0v) is 90.4. The van der Waals surface area contributed by atoms with Crippen LogP contribution in [0.15, 0.2) is 120 Å². The highest BCUT2D eigenvalue weighted by Crippen LogP contribution is 2.44. The molecular weight excluding hydrogens is 1860 g/mol. The van der Waals surface area contributed by atoms with E-state index in [1.807, 2.05) is 76.3 Å². The van der Waals surface area contributed by atoms with E-state index in [9.17, 15) is 69.0 Å². The van der Waals surface area contributed by atoms with Crippen molar-refractivity contribution < 1.29 is 135 Å². The van der Waals surface area contributed by atoms with Crippen molar-refractivity contribution in [3.8, 4) is 0 Å². The molecule has 818 valence electrons. The van der Waals surface area contributed by atoms with Gasteiger partial charge in [0.25, 0.3) is 23.4 Å². The van der Waals surface area contributed by atoms with Crippen LogP contribution in [0.25, 0.3) is 0 Å². The Morgan fingerprint density at radius 3 is 1.19 bits per heavy atom. The molecule has 2 amide bonds. The van der Waals surface area contributed by atoms with Crippen LogP contribution in [0.4, 0.5) is 0 Å². The average Bonchev–Trinajstić information content (AvgIpc) is 0.778. The molecule has 145 heavy (non-hydrogen) atoms. The Labute approximate surface area is 864 Å². The number of Topliss-reactive ketones (excluding diaryl/α,β-unsaturated/α-hetero) is 4. The fourth-order valence-corrected chi connectivity index (χ4v) is 22.4. The largest absolute Gasteiger partial charge is 0.460 e. The maximum absolute atomic E-state index is 14.6. The van der Waals surface area contributed by atoms with Crippen LogP contribution in [0.1, 0.15) is 257 Å². The quantitative estimate of drug-likeness (QED) is 0.0239. The minimum Gasteiger partial charge on any atom is -0.460 e. The highest BCUT2D eigenvalue weighted by Gasteiger charge is 2.56. The summed E-state index contributed by atoms with van der Waals surface area (Å²) in [5.74, 6) is -13.2. The number of amides is 2. The van der Waals surface area contributed by atoms with E-state index in [-0.39, 0.29) is 154 Å². The van der Waals surface area contributed by atoms with Crippen LogP contribution < -0.4 is 0 Å². The summed E-state index contributed by atoms with van der Waals surface area (Å²) in [6.45, 7) is 39.7. The van der Waals surface area contributed by atoms with Gasteiger partial charge in [0.05, 0.1) is 102 Å². The van der Waals surface area contributed by atoms with Crippen molar-refractivity contribution in [3.63, 3.8) is 0 Å². The predicted octanol–water partition coefficient (Wildman–Crippen LogP) is 14.8. The molecule has 0 aromatic heterocycles. The molecule has 6 N–H and O–H groups in total. The fraction of sp³-hybridized carbons (Fsp3) is 0.757. The van der Waals surface area contributed by atoms with Crippen molar-refractivity contribution >= 4 is 46.9 Å². The molecule has 0 aromatic carbocycles. The van der Waals surface area contributed by atoms with Crippen LogP contribution in [-0.2, 0) is 105 Å². The number of carbonyl (C=O) groups is 8. The van der Waals surface area contributed by atoms with E-state index in [1.165, 1.54) is 9.80 Å². The average molecular weight is 2040 g/mol. The number of carbonyl (C=O) groups excluding carboxylic acids is 8. The number of fused-ring (bicyclic) bond motifs is 6. The van der Waals surface area contributed by atoms with Gasteiger partial charge in [-0.2, -0.15) is 0 Å². The molecule has 6 saturated heterocycles. The predicted molar refractivity (Wildman–Crippen MR) is 551 cm³/mol. The number of ketones is 4. The number of hydrogen-bond donors (Lipinski definition) is 6. The lowest BCUT2D eigenvalue weighted by molar-refractivity contribution is -0.266. The molecule has 10 aliphatic rings. The summed E-state index contributed by atoms with van der Waals surface area (Å²) in [5, 5.41) is 66.4. The molecule has 0 aromatic rings. The molecule has 8 fully saturated rings. The molecule has 0 radical (unpaired) electrons. The van der Waals surface area contributed by atoms with Gasteiger partial charge in [-0.15, -0.1) is 0 Å². The van der Waals surface area contributed by atoms with Crippen molar-refractivity contribution in [3.05, 3.63) is 120 Å². The molecule has 30 atom stereocenters. The molecule has 2 saturated carbocycles. The van der Waals surface area contributed by atoms with Gasteiger partial charge in [0.2, 0.25) is 11.6 Å². The Kier molecular flexibility index (Phi) is 50.3. The maximum Gasteiger partial charge on any atom is 0.329 e. The van der Waals surface area contributed by atoms with Gasteiger partial charge >= 0.3 is 11.9 Å². The Morgan fingerprint density at radius 2 is 0.834 bits per heavy atom. The van der Waals surface area contributed by atoms with Gasteiger partial charge in [0.15, 0.2) is 0 Å². The molecule has 8 aliphatic heterocycles.